The van der Waals surface area contributed by atoms with Crippen molar-refractivity contribution < 1.29 is 14.2 Å². The molecular weight excluding hydrogens is 270 g/mol. The van der Waals surface area contributed by atoms with Gasteiger partial charge < -0.3 is 19.9 Å². The fourth-order valence-electron chi connectivity index (χ4n) is 2.52. The van der Waals surface area contributed by atoms with Crippen LogP contribution >= 0.6 is 0 Å². The molecule has 6 heteroatoms. The molecule has 2 aromatic rings. The Morgan fingerprint density at radius 1 is 1.29 bits per heavy atom. The molecule has 2 N–H and O–H groups in total. The molecule has 1 aliphatic heterocycles. The minimum atomic E-state index is -0.359. The summed E-state index contributed by atoms with van der Waals surface area (Å²) in [4.78, 5) is 8.58. The molecule has 0 fully saturated rings. The van der Waals surface area contributed by atoms with Gasteiger partial charge in [-0.25, -0.2) is 4.98 Å². The summed E-state index contributed by atoms with van der Waals surface area (Å²) in [6, 6.07) is 7.53. The first-order chi connectivity index (χ1) is 10.2. The molecule has 2 atom stereocenters. The number of nitrogens with two attached hydrogens (primary N) is 1. The van der Waals surface area contributed by atoms with Gasteiger partial charge in [-0.05, 0) is 6.07 Å². The molecule has 0 bridgehead atoms. The molecule has 0 radical (unpaired) electrons. The summed E-state index contributed by atoms with van der Waals surface area (Å²) >= 11 is 0. The first kappa shape index (κ1) is 13.6. The Kier molecular flexibility index (Phi) is 3.62. The van der Waals surface area contributed by atoms with E-state index in [0.29, 0.717) is 24.1 Å². The lowest BCUT2D eigenvalue weighted by atomic mass is 9.92. The van der Waals surface area contributed by atoms with E-state index >= 15 is 0 Å². The van der Waals surface area contributed by atoms with Gasteiger partial charge in [0.15, 0.2) is 0 Å². The van der Waals surface area contributed by atoms with Gasteiger partial charge in [-0.3, -0.25) is 0 Å². The molecule has 1 aromatic heterocycles. The number of benzene rings is 1. The average Bonchev–Trinajstić information content (AvgIpc) is 2.97. The summed E-state index contributed by atoms with van der Waals surface area (Å²) in [5.41, 5.74) is 8.07. The maximum absolute atomic E-state index is 6.38. The van der Waals surface area contributed by atoms with Gasteiger partial charge in [0.2, 0.25) is 11.8 Å². The fraction of sp³-hybridized carbons (Fsp3) is 0.333. The standard InChI is InChI=1S/C15H17N3O3/c1-19-12-7-17-14(15(18-12)20-2)13(16)10-8-21-11-6-4-3-5-9(10)11/h3-7,10,13H,8,16H2,1-2H3. The zero-order chi connectivity index (χ0) is 14.8. The molecule has 3 rings (SSSR count). The summed E-state index contributed by atoms with van der Waals surface area (Å²) in [7, 11) is 3.07. The highest BCUT2D eigenvalue weighted by atomic mass is 16.5. The second-order valence-electron chi connectivity index (χ2n) is 4.79. The van der Waals surface area contributed by atoms with Crippen molar-refractivity contribution in [3.05, 3.63) is 41.7 Å². The van der Waals surface area contributed by atoms with Crippen LogP contribution in [0.25, 0.3) is 0 Å². The topological polar surface area (TPSA) is 79.5 Å². The van der Waals surface area contributed by atoms with Gasteiger partial charge in [0.1, 0.15) is 11.4 Å². The molecule has 0 amide bonds. The van der Waals surface area contributed by atoms with Crippen LogP contribution in [0.4, 0.5) is 0 Å². The SMILES string of the molecule is COc1cnc(C(N)C2COc3ccccc32)c(OC)n1. The summed E-state index contributed by atoms with van der Waals surface area (Å²) in [5.74, 6) is 1.67. The normalized spacial score (nSPS) is 17.8. The second kappa shape index (κ2) is 5.57. The Morgan fingerprint density at radius 3 is 2.86 bits per heavy atom. The van der Waals surface area contributed by atoms with E-state index in [2.05, 4.69) is 9.97 Å². The van der Waals surface area contributed by atoms with Gasteiger partial charge in [0.25, 0.3) is 0 Å². The molecule has 110 valence electrons. The number of ether oxygens (including phenoxy) is 3. The molecule has 6 nitrogen and oxygen atoms in total. The van der Waals surface area contributed by atoms with Crippen molar-refractivity contribution in [2.75, 3.05) is 20.8 Å². The number of hydrogen-bond acceptors (Lipinski definition) is 6. The van der Waals surface area contributed by atoms with Crippen LogP contribution in [0.3, 0.4) is 0 Å². The molecule has 1 aromatic carbocycles. The average molecular weight is 287 g/mol. The first-order valence-electron chi connectivity index (χ1n) is 6.66. The number of aromatic nitrogens is 2. The molecular formula is C15H17N3O3. The quantitative estimate of drug-likeness (QED) is 0.921. The van der Waals surface area contributed by atoms with Crippen molar-refractivity contribution in [2.24, 2.45) is 5.73 Å². The van der Waals surface area contributed by atoms with E-state index in [1.807, 2.05) is 24.3 Å². The second-order valence-corrected chi connectivity index (χ2v) is 4.79. The summed E-state index contributed by atoms with van der Waals surface area (Å²) in [6.07, 6.45) is 1.54. The van der Waals surface area contributed by atoms with Gasteiger partial charge in [-0.1, -0.05) is 18.2 Å². The van der Waals surface area contributed by atoms with Gasteiger partial charge in [0, 0.05) is 11.5 Å². The Balaban J connectivity index is 1.94. The van der Waals surface area contributed by atoms with Crippen LogP contribution in [0.15, 0.2) is 30.5 Å². The van der Waals surface area contributed by atoms with Gasteiger partial charge in [0.05, 0.1) is 33.1 Å². The summed E-state index contributed by atoms with van der Waals surface area (Å²) in [6.45, 7) is 0.525. The number of rotatable bonds is 4. The highest BCUT2D eigenvalue weighted by molar-refractivity contribution is 5.42. The molecule has 1 aliphatic rings. The number of hydrogen-bond donors (Lipinski definition) is 1. The fourth-order valence-corrected chi connectivity index (χ4v) is 2.52. The van der Waals surface area contributed by atoms with Crippen molar-refractivity contribution >= 4 is 0 Å². The van der Waals surface area contributed by atoms with E-state index in [1.54, 1.807) is 13.3 Å². The number of para-hydroxylation sites is 1. The third-order valence-corrected chi connectivity index (χ3v) is 3.63. The van der Waals surface area contributed by atoms with E-state index in [0.717, 1.165) is 11.3 Å². The van der Waals surface area contributed by atoms with E-state index < -0.39 is 0 Å². The van der Waals surface area contributed by atoms with E-state index in [4.69, 9.17) is 19.9 Å². The smallest absolute Gasteiger partial charge is 0.240 e. The lowest BCUT2D eigenvalue weighted by Crippen LogP contribution is -2.23. The Labute approximate surface area is 122 Å². The van der Waals surface area contributed by atoms with Crippen LogP contribution in [-0.4, -0.2) is 30.8 Å². The molecule has 2 heterocycles. The lowest BCUT2D eigenvalue weighted by molar-refractivity contribution is 0.307. The molecule has 21 heavy (non-hydrogen) atoms. The Morgan fingerprint density at radius 2 is 2.10 bits per heavy atom. The predicted molar refractivity (Wildman–Crippen MR) is 76.7 cm³/mol. The van der Waals surface area contributed by atoms with E-state index in [9.17, 15) is 0 Å². The third-order valence-electron chi connectivity index (χ3n) is 3.63. The van der Waals surface area contributed by atoms with Crippen LogP contribution < -0.4 is 19.9 Å². The van der Waals surface area contributed by atoms with Crippen molar-refractivity contribution in [3.63, 3.8) is 0 Å². The monoisotopic (exact) mass is 287 g/mol. The first-order valence-corrected chi connectivity index (χ1v) is 6.66. The third kappa shape index (κ3) is 2.38. The largest absolute Gasteiger partial charge is 0.493 e. The van der Waals surface area contributed by atoms with Crippen LogP contribution in [0.2, 0.25) is 0 Å². The zero-order valence-corrected chi connectivity index (χ0v) is 11.9. The molecule has 0 saturated heterocycles. The summed E-state index contributed by atoms with van der Waals surface area (Å²) in [5, 5.41) is 0. The lowest BCUT2D eigenvalue weighted by Gasteiger charge is -2.19. The number of fused-ring (bicyclic) bond motifs is 1. The van der Waals surface area contributed by atoms with Crippen molar-refractivity contribution in [1.82, 2.24) is 9.97 Å². The van der Waals surface area contributed by atoms with Crippen molar-refractivity contribution in [1.29, 1.82) is 0 Å². The van der Waals surface area contributed by atoms with Gasteiger partial charge in [-0.15, -0.1) is 0 Å². The molecule has 0 saturated carbocycles. The van der Waals surface area contributed by atoms with Gasteiger partial charge >= 0.3 is 0 Å². The predicted octanol–water partition coefficient (Wildman–Crippen LogP) is 1.67. The minimum Gasteiger partial charge on any atom is -0.493 e. The Hall–Kier alpha value is -2.34. The van der Waals surface area contributed by atoms with E-state index in [-0.39, 0.29) is 12.0 Å². The number of methoxy groups -OCH3 is 2. The molecule has 2 unspecified atom stereocenters. The maximum atomic E-state index is 6.38. The summed E-state index contributed by atoms with van der Waals surface area (Å²) < 4.78 is 16.0. The highest BCUT2D eigenvalue weighted by Crippen LogP contribution is 2.41. The van der Waals surface area contributed by atoms with E-state index in [1.165, 1.54) is 7.11 Å². The number of nitrogens with zero attached hydrogens (tertiary/aromatic N) is 2. The maximum Gasteiger partial charge on any atom is 0.240 e. The van der Waals surface area contributed by atoms with Crippen LogP contribution in [0.1, 0.15) is 23.2 Å². The Bertz CT molecular complexity index is 648. The van der Waals surface area contributed by atoms with Crippen LogP contribution in [0.5, 0.6) is 17.5 Å². The molecule has 0 aliphatic carbocycles. The van der Waals surface area contributed by atoms with Crippen LogP contribution in [0, 0.1) is 0 Å². The van der Waals surface area contributed by atoms with Crippen LogP contribution in [-0.2, 0) is 0 Å². The van der Waals surface area contributed by atoms with Crippen molar-refractivity contribution in [3.8, 4) is 17.5 Å². The molecule has 0 spiro atoms. The van der Waals surface area contributed by atoms with Gasteiger partial charge in [-0.2, -0.15) is 4.98 Å². The minimum absolute atomic E-state index is 0.0257. The highest BCUT2D eigenvalue weighted by Gasteiger charge is 2.32. The van der Waals surface area contributed by atoms with Crippen molar-refractivity contribution in [2.45, 2.75) is 12.0 Å². The zero-order valence-electron chi connectivity index (χ0n) is 11.9.